The molecule has 1 aromatic rings. The second-order valence-electron chi connectivity index (χ2n) is 3.62. The summed E-state index contributed by atoms with van der Waals surface area (Å²) < 4.78 is 0. The third kappa shape index (κ3) is 2.12. The maximum Gasteiger partial charge on any atom is 0.265 e. The van der Waals surface area contributed by atoms with E-state index in [4.69, 9.17) is 34.7 Å². The predicted molar refractivity (Wildman–Crippen MR) is 69.4 cm³/mol. The standard InChI is InChI=1S/C10H8Cl2N4O2/c11-3-1-4(12)6-5(2-3)15-7(9(13)17)8(16-6)10(14)18/h1-2,7,15H,(H2,13,17)(H2,14,18). The molecule has 1 heterocycles. The molecule has 1 unspecified atom stereocenters. The predicted octanol–water partition coefficient (Wildman–Crippen LogP) is 0.831. The maximum absolute atomic E-state index is 11.3. The van der Waals surface area contributed by atoms with Gasteiger partial charge in [-0.15, -0.1) is 0 Å². The van der Waals surface area contributed by atoms with Gasteiger partial charge in [0.25, 0.3) is 5.91 Å². The molecule has 2 amide bonds. The van der Waals surface area contributed by atoms with Crippen molar-refractivity contribution < 1.29 is 9.59 Å². The average Bonchev–Trinajstić information content (AvgIpc) is 2.26. The van der Waals surface area contributed by atoms with Crippen molar-refractivity contribution in [3.05, 3.63) is 22.2 Å². The van der Waals surface area contributed by atoms with E-state index < -0.39 is 17.9 Å². The third-order valence-corrected chi connectivity index (χ3v) is 2.88. The van der Waals surface area contributed by atoms with Gasteiger partial charge in [0, 0.05) is 5.02 Å². The van der Waals surface area contributed by atoms with Crippen LogP contribution < -0.4 is 16.8 Å². The normalized spacial score (nSPS) is 17.4. The highest BCUT2D eigenvalue weighted by molar-refractivity contribution is 6.47. The van der Waals surface area contributed by atoms with E-state index in [0.717, 1.165) is 0 Å². The lowest BCUT2D eigenvalue weighted by Crippen LogP contribution is -2.48. The quantitative estimate of drug-likeness (QED) is 0.749. The van der Waals surface area contributed by atoms with E-state index in [-0.39, 0.29) is 10.7 Å². The van der Waals surface area contributed by atoms with Crippen molar-refractivity contribution in [1.82, 2.24) is 0 Å². The first-order valence-corrected chi connectivity index (χ1v) is 5.59. The third-order valence-electron chi connectivity index (χ3n) is 2.37. The Bertz CT molecular complexity index is 585. The van der Waals surface area contributed by atoms with Crippen molar-refractivity contribution in [2.24, 2.45) is 16.5 Å². The number of carbonyl (C=O) groups is 2. The molecule has 0 aliphatic carbocycles. The zero-order valence-corrected chi connectivity index (χ0v) is 10.4. The van der Waals surface area contributed by atoms with Crippen LogP contribution >= 0.6 is 23.2 Å². The summed E-state index contributed by atoms with van der Waals surface area (Å²) in [6, 6.07) is 1.90. The van der Waals surface area contributed by atoms with Crippen LogP contribution in [0, 0.1) is 0 Å². The summed E-state index contributed by atoms with van der Waals surface area (Å²) >= 11 is 11.8. The minimum absolute atomic E-state index is 0.181. The molecule has 0 aromatic heterocycles. The van der Waals surface area contributed by atoms with Gasteiger partial charge in [-0.3, -0.25) is 9.59 Å². The minimum atomic E-state index is -1.09. The Morgan fingerprint density at radius 3 is 2.50 bits per heavy atom. The average molecular weight is 287 g/mol. The zero-order chi connectivity index (χ0) is 13.4. The van der Waals surface area contributed by atoms with Gasteiger partial charge >= 0.3 is 0 Å². The first kappa shape index (κ1) is 12.7. The number of rotatable bonds is 2. The molecular formula is C10H8Cl2N4O2. The minimum Gasteiger partial charge on any atom is -0.368 e. The number of aliphatic imine (C=N–C) groups is 1. The van der Waals surface area contributed by atoms with Crippen molar-refractivity contribution in [2.45, 2.75) is 6.04 Å². The van der Waals surface area contributed by atoms with E-state index in [9.17, 15) is 9.59 Å². The van der Waals surface area contributed by atoms with Crippen molar-refractivity contribution in [3.8, 4) is 0 Å². The van der Waals surface area contributed by atoms with Crippen molar-refractivity contribution in [3.63, 3.8) is 0 Å². The number of hydrogen-bond donors (Lipinski definition) is 3. The fraction of sp³-hybridized carbons (Fsp3) is 0.100. The summed E-state index contributed by atoms with van der Waals surface area (Å²) in [4.78, 5) is 26.5. The lowest BCUT2D eigenvalue weighted by molar-refractivity contribution is -0.118. The topological polar surface area (TPSA) is 111 Å². The molecule has 6 nitrogen and oxygen atoms in total. The number of nitrogens with zero attached hydrogens (tertiary/aromatic N) is 1. The van der Waals surface area contributed by atoms with E-state index in [1.807, 2.05) is 0 Å². The van der Waals surface area contributed by atoms with E-state index in [2.05, 4.69) is 10.3 Å². The number of hydrogen-bond acceptors (Lipinski definition) is 4. The van der Waals surface area contributed by atoms with Crippen LogP contribution in [0.2, 0.25) is 10.0 Å². The summed E-state index contributed by atoms with van der Waals surface area (Å²) in [5.41, 5.74) is 10.9. The van der Waals surface area contributed by atoms with Crippen LogP contribution in [0.1, 0.15) is 0 Å². The van der Waals surface area contributed by atoms with Gasteiger partial charge in [0.05, 0.1) is 10.7 Å². The Morgan fingerprint density at radius 1 is 1.28 bits per heavy atom. The molecular weight excluding hydrogens is 279 g/mol. The van der Waals surface area contributed by atoms with Gasteiger partial charge in [0.2, 0.25) is 5.91 Å². The van der Waals surface area contributed by atoms with Crippen LogP contribution in [0.25, 0.3) is 0 Å². The van der Waals surface area contributed by atoms with Gasteiger partial charge in [-0.2, -0.15) is 0 Å². The molecule has 94 valence electrons. The van der Waals surface area contributed by atoms with E-state index in [1.165, 1.54) is 12.1 Å². The molecule has 1 aliphatic heterocycles. The number of nitrogens with two attached hydrogens (primary N) is 2. The SMILES string of the molecule is NC(=O)C1=Nc2c(Cl)cc(Cl)cc2NC1C(N)=O. The molecule has 0 bridgehead atoms. The fourth-order valence-electron chi connectivity index (χ4n) is 1.60. The highest BCUT2D eigenvalue weighted by Gasteiger charge is 2.31. The van der Waals surface area contributed by atoms with Crippen LogP contribution in [0.4, 0.5) is 11.4 Å². The first-order valence-electron chi connectivity index (χ1n) is 4.83. The zero-order valence-electron chi connectivity index (χ0n) is 8.91. The number of fused-ring (bicyclic) bond motifs is 1. The van der Waals surface area contributed by atoms with Gasteiger partial charge in [-0.25, -0.2) is 4.99 Å². The van der Waals surface area contributed by atoms with Crippen molar-refractivity contribution >= 4 is 52.1 Å². The summed E-state index contributed by atoms with van der Waals surface area (Å²) in [7, 11) is 0. The van der Waals surface area contributed by atoms with Gasteiger partial charge in [-0.05, 0) is 12.1 Å². The molecule has 0 saturated carbocycles. The van der Waals surface area contributed by atoms with Crippen LogP contribution in [-0.4, -0.2) is 23.6 Å². The molecule has 0 radical (unpaired) electrons. The van der Waals surface area contributed by atoms with Crippen LogP contribution in [-0.2, 0) is 9.59 Å². The Hall–Kier alpha value is -1.79. The van der Waals surface area contributed by atoms with Crippen molar-refractivity contribution in [2.75, 3.05) is 5.32 Å². The van der Waals surface area contributed by atoms with Crippen LogP contribution in [0.5, 0.6) is 0 Å². The number of halogens is 2. The Balaban J connectivity index is 2.61. The second-order valence-corrected chi connectivity index (χ2v) is 4.47. The molecule has 0 saturated heterocycles. The Morgan fingerprint density at radius 2 is 1.94 bits per heavy atom. The first-order chi connectivity index (χ1) is 8.40. The smallest absolute Gasteiger partial charge is 0.265 e. The molecule has 5 N–H and O–H groups in total. The van der Waals surface area contributed by atoms with Gasteiger partial charge in [0.1, 0.15) is 11.4 Å². The van der Waals surface area contributed by atoms with Gasteiger partial charge in [0.15, 0.2) is 6.04 Å². The number of benzene rings is 1. The molecule has 0 fully saturated rings. The molecule has 18 heavy (non-hydrogen) atoms. The van der Waals surface area contributed by atoms with Gasteiger partial charge in [-0.1, -0.05) is 23.2 Å². The molecule has 2 rings (SSSR count). The number of amides is 2. The highest BCUT2D eigenvalue weighted by Crippen LogP contribution is 2.39. The van der Waals surface area contributed by atoms with Crippen molar-refractivity contribution in [1.29, 1.82) is 0 Å². The van der Waals surface area contributed by atoms with Crippen LogP contribution in [0.15, 0.2) is 17.1 Å². The van der Waals surface area contributed by atoms with Crippen LogP contribution in [0.3, 0.4) is 0 Å². The molecule has 0 spiro atoms. The molecule has 8 heteroatoms. The van der Waals surface area contributed by atoms with E-state index in [1.54, 1.807) is 0 Å². The fourth-order valence-corrected chi connectivity index (χ4v) is 2.14. The maximum atomic E-state index is 11.3. The van der Waals surface area contributed by atoms with Gasteiger partial charge < -0.3 is 16.8 Å². The molecule has 1 aliphatic rings. The monoisotopic (exact) mass is 286 g/mol. The number of carbonyl (C=O) groups excluding carboxylic acids is 2. The lowest BCUT2D eigenvalue weighted by atomic mass is 10.1. The summed E-state index contributed by atoms with van der Waals surface area (Å²) in [5, 5.41) is 3.34. The summed E-state index contributed by atoms with van der Waals surface area (Å²) in [6.45, 7) is 0. The highest BCUT2D eigenvalue weighted by atomic mass is 35.5. The summed E-state index contributed by atoms with van der Waals surface area (Å²) in [5.74, 6) is -1.61. The Kier molecular flexibility index (Phi) is 3.14. The summed E-state index contributed by atoms with van der Waals surface area (Å²) in [6.07, 6.45) is 0. The lowest BCUT2D eigenvalue weighted by Gasteiger charge is -2.23. The number of primary amides is 2. The molecule has 1 atom stereocenters. The number of nitrogens with one attached hydrogen (secondary N) is 1. The van der Waals surface area contributed by atoms with E-state index >= 15 is 0 Å². The second kappa shape index (κ2) is 4.47. The van der Waals surface area contributed by atoms with E-state index in [0.29, 0.717) is 16.4 Å². The Labute approximate surface area is 112 Å². The largest absolute Gasteiger partial charge is 0.368 e. The number of anilines is 1. The molecule has 1 aromatic carbocycles.